The minimum Gasteiger partial charge on any atom is -0.389 e. The van der Waals surface area contributed by atoms with Crippen molar-refractivity contribution in [2.75, 3.05) is 6.54 Å². The molecule has 2 amide bonds. The van der Waals surface area contributed by atoms with Gasteiger partial charge >= 0.3 is 6.03 Å². The number of nitrogens with zero attached hydrogens (tertiary/aromatic N) is 2. The van der Waals surface area contributed by atoms with Crippen LogP contribution in [0.5, 0.6) is 0 Å². The first-order valence-electron chi connectivity index (χ1n) is 11.8. The van der Waals surface area contributed by atoms with Crippen LogP contribution < -0.4 is 5.32 Å². The number of aliphatic hydroxyl groups excluding tert-OH is 2. The van der Waals surface area contributed by atoms with Crippen LogP contribution in [0.1, 0.15) is 56.8 Å². The maximum absolute atomic E-state index is 13.4. The molecule has 33 heavy (non-hydrogen) atoms. The summed E-state index contributed by atoms with van der Waals surface area (Å²) in [6.45, 7) is 4.59. The number of amides is 2. The molecule has 4 atom stereocenters. The zero-order valence-electron chi connectivity index (χ0n) is 19.0. The van der Waals surface area contributed by atoms with E-state index in [2.05, 4.69) is 17.2 Å². The minimum absolute atomic E-state index is 0.169. The van der Waals surface area contributed by atoms with Crippen molar-refractivity contribution >= 4 is 29.4 Å². The molecule has 1 spiro atoms. The summed E-state index contributed by atoms with van der Waals surface area (Å²) in [5, 5.41) is 22.7. The van der Waals surface area contributed by atoms with Crippen LogP contribution in [0.2, 0.25) is 0 Å². The van der Waals surface area contributed by atoms with Gasteiger partial charge in [0.1, 0.15) is 16.7 Å². The third-order valence-corrected chi connectivity index (χ3v) is 9.16. The molecule has 5 rings (SSSR count). The Hall–Kier alpha value is -2.16. The lowest BCUT2D eigenvalue weighted by molar-refractivity contribution is -0.113. The van der Waals surface area contributed by atoms with E-state index in [0.717, 1.165) is 48.1 Å². The number of Topliss-reactive ketones (excluding diaryl/α,β-unsaturated/α-hetero) is 1. The number of carbonyl (C=O) groups excluding carboxylic acids is 2. The number of ketones is 1. The van der Waals surface area contributed by atoms with Crippen molar-refractivity contribution in [1.29, 1.82) is 0 Å². The van der Waals surface area contributed by atoms with Crippen LogP contribution in [-0.2, 0) is 11.2 Å². The van der Waals surface area contributed by atoms with Gasteiger partial charge in [0, 0.05) is 23.7 Å². The van der Waals surface area contributed by atoms with Crippen LogP contribution in [0.25, 0.3) is 0 Å². The Labute approximate surface area is 198 Å². The van der Waals surface area contributed by atoms with E-state index in [1.54, 1.807) is 13.1 Å². The van der Waals surface area contributed by atoms with Crippen LogP contribution in [0.3, 0.4) is 0 Å². The van der Waals surface area contributed by atoms with Gasteiger partial charge in [-0.3, -0.25) is 10.1 Å². The van der Waals surface area contributed by atoms with Crippen LogP contribution in [0.15, 0.2) is 40.4 Å². The molecule has 3 N–H and O–H groups in total. The second-order valence-electron chi connectivity index (χ2n) is 9.85. The van der Waals surface area contributed by atoms with Gasteiger partial charge in [-0.15, -0.1) is 11.8 Å². The Morgan fingerprint density at radius 1 is 1.27 bits per heavy atom. The van der Waals surface area contributed by atoms with Crippen molar-refractivity contribution in [3.63, 3.8) is 0 Å². The summed E-state index contributed by atoms with van der Waals surface area (Å²) in [6.07, 6.45) is 5.12. The van der Waals surface area contributed by atoms with Crippen molar-refractivity contribution < 1.29 is 19.8 Å². The first-order valence-corrected chi connectivity index (χ1v) is 12.7. The lowest BCUT2D eigenvalue weighted by Gasteiger charge is -2.38. The summed E-state index contributed by atoms with van der Waals surface area (Å²) in [5.74, 6) is 0.681. The maximum Gasteiger partial charge on any atom is 0.323 e. The summed E-state index contributed by atoms with van der Waals surface area (Å²) in [6, 6.07) is 7.86. The van der Waals surface area contributed by atoms with Crippen LogP contribution in [-0.4, -0.2) is 56.2 Å². The topological polar surface area (TPSA) is 102 Å². The monoisotopic (exact) mass is 469 g/mol. The number of urea groups is 1. The average molecular weight is 470 g/mol. The van der Waals surface area contributed by atoms with Gasteiger partial charge in [0.05, 0.1) is 12.0 Å². The predicted octanol–water partition coefficient (Wildman–Crippen LogP) is 3.17. The molecule has 2 heterocycles. The summed E-state index contributed by atoms with van der Waals surface area (Å²) in [5.41, 5.74) is 1.99. The highest BCUT2D eigenvalue weighted by Crippen LogP contribution is 2.67. The normalized spacial score (nSPS) is 33.0. The van der Waals surface area contributed by atoms with Crippen molar-refractivity contribution in [2.24, 2.45) is 16.8 Å². The van der Waals surface area contributed by atoms with Gasteiger partial charge in [0.15, 0.2) is 5.78 Å². The van der Waals surface area contributed by atoms with E-state index < -0.39 is 17.0 Å². The van der Waals surface area contributed by atoms with Gasteiger partial charge in [-0.25, -0.2) is 9.79 Å². The Kier molecular flexibility index (Phi) is 5.87. The maximum atomic E-state index is 13.4. The molecule has 2 aliphatic heterocycles. The SMILES string of the molecule is CC1CCC(N(CCc2ccc(C(C)O)cc2)C(=O)NC2=NC=C3SC4(C(=O)C4O)C32)CC1. The average Bonchev–Trinajstić information content (AvgIpc) is 3.16. The molecule has 4 aliphatic rings. The highest BCUT2D eigenvalue weighted by Gasteiger charge is 2.78. The first-order chi connectivity index (χ1) is 15.8. The molecule has 1 saturated heterocycles. The van der Waals surface area contributed by atoms with E-state index in [0.29, 0.717) is 18.3 Å². The predicted molar refractivity (Wildman–Crippen MR) is 128 cm³/mol. The molecule has 0 aromatic heterocycles. The van der Waals surface area contributed by atoms with Gasteiger partial charge in [-0.1, -0.05) is 31.2 Å². The van der Waals surface area contributed by atoms with E-state index in [1.165, 1.54) is 11.8 Å². The van der Waals surface area contributed by atoms with E-state index in [4.69, 9.17) is 0 Å². The second-order valence-corrected chi connectivity index (χ2v) is 11.2. The zero-order valence-corrected chi connectivity index (χ0v) is 19.8. The molecule has 8 heteroatoms. The molecule has 1 aromatic rings. The van der Waals surface area contributed by atoms with Crippen molar-refractivity contribution in [2.45, 2.75) is 68.9 Å². The number of aliphatic imine (C=N–C) groups is 1. The van der Waals surface area contributed by atoms with E-state index in [9.17, 15) is 19.8 Å². The van der Waals surface area contributed by atoms with Crippen molar-refractivity contribution in [1.82, 2.24) is 10.2 Å². The number of nitrogens with one attached hydrogen (secondary N) is 1. The lowest BCUT2D eigenvalue weighted by Crippen LogP contribution is -2.53. The summed E-state index contributed by atoms with van der Waals surface area (Å²) in [4.78, 5) is 32.7. The fourth-order valence-electron chi connectivity index (χ4n) is 5.31. The number of benzene rings is 1. The summed E-state index contributed by atoms with van der Waals surface area (Å²) < 4.78 is -0.828. The molecule has 1 aromatic carbocycles. The fraction of sp³-hybridized carbons (Fsp3) is 0.560. The summed E-state index contributed by atoms with van der Waals surface area (Å²) in [7, 11) is 0. The Bertz CT molecular complexity index is 1010. The Balaban J connectivity index is 1.27. The molecule has 4 unspecified atom stereocenters. The number of hydrogen-bond acceptors (Lipinski definition) is 6. The lowest BCUT2D eigenvalue weighted by atomic mass is 9.86. The number of aliphatic hydroxyl groups is 2. The van der Waals surface area contributed by atoms with Gasteiger partial charge in [-0.2, -0.15) is 0 Å². The number of hydrogen-bond donors (Lipinski definition) is 3. The van der Waals surface area contributed by atoms with Gasteiger partial charge in [0.25, 0.3) is 0 Å². The molecule has 2 aliphatic carbocycles. The minimum atomic E-state index is -0.967. The van der Waals surface area contributed by atoms with E-state index in [1.807, 2.05) is 29.2 Å². The smallest absolute Gasteiger partial charge is 0.323 e. The van der Waals surface area contributed by atoms with Crippen molar-refractivity contribution in [3.8, 4) is 0 Å². The largest absolute Gasteiger partial charge is 0.389 e. The molecule has 7 nitrogen and oxygen atoms in total. The third kappa shape index (κ3) is 3.92. The van der Waals surface area contributed by atoms with Crippen LogP contribution >= 0.6 is 11.8 Å². The molecule has 2 saturated carbocycles. The molecule has 3 fully saturated rings. The van der Waals surface area contributed by atoms with Gasteiger partial charge < -0.3 is 15.1 Å². The van der Waals surface area contributed by atoms with Gasteiger partial charge in [0.2, 0.25) is 0 Å². The first kappa shape index (κ1) is 22.6. The van der Waals surface area contributed by atoms with Gasteiger partial charge in [-0.05, 0) is 56.1 Å². The number of carbonyl (C=O) groups is 2. The van der Waals surface area contributed by atoms with Crippen LogP contribution in [0.4, 0.5) is 4.79 Å². The molecule has 0 bridgehead atoms. The summed E-state index contributed by atoms with van der Waals surface area (Å²) >= 11 is 1.37. The number of amidine groups is 1. The Morgan fingerprint density at radius 2 is 1.94 bits per heavy atom. The standard InChI is InChI=1S/C25H31N3O4S/c1-14-3-9-18(10-4-14)28(12-11-16-5-7-17(8-6-16)15(2)29)24(32)27-23-20-19(13-26-23)33-25(20)21(30)22(25)31/h5-8,13-15,18,20-21,29-30H,3-4,9-12H2,1-2H3,(H,26,27,32). The Morgan fingerprint density at radius 3 is 2.55 bits per heavy atom. The van der Waals surface area contributed by atoms with E-state index in [-0.39, 0.29) is 23.8 Å². The molecular weight excluding hydrogens is 438 g/mol. The number of fused-ring (bicyclic) bond motifs is 2. The number of rotatable bonds is 5. The highest BCUT2D eigenvalue weighted by molar-refractivity contribution is 8.07. The molecule has 176 valence electrons. The van der Waals surface area contributed by atoms with E-state index >= 15 is 0 Å². The van der Waals surface area contributed by atoms with Crippen molar-refractivity contribution in [3.05, 3.63) is 46.5 Å². The highest BCUT2D eigenvalue weighted by atomic mass is 32.2. The number of thioether (sulfide) groups is 1. The van der Waals surface area contributed by atoms with Crippen LogP contribution in [0, 0.1) is 11.8 Å². The third-order valence-electron chi connectivity index (χ3n) is 7.59. The zero-order chi connectivity index (χ0) is 23.3. The second kappa shape index (κ2) is 8.56. The molecule has 0 radical (unpaired) electrons. The fourth-order valence-corrected chi connectivity index (χ4v) is 6.76. The molecular formula is C25H31N3O4S. The quantitative estimate of drug-likeness (QED) is 0.615.